The molecule has 2 heterocycles. The van der Waals surface area contributed by atoms with Crippen LogP contribution in [0, 0.1) is 0 Å². The standard InChI is InChI=1S/C48H79N3O16P2/c1-3-5-7-9-11-13-14-15-16-18-20-24-28-32-43(53)62-36-40(65-44(54)33-29-25-21-23-27-31-39(52)30-26-22-19-17-12-10-8-6-4-2)37-63-68(58,59)67-69(60,61)64-38-41-45(55)46(56)47(66-41)51-35-34-42(49)50-48(51)57/h12-14,17,21-23,26-27,31,34-35,39-41,45-47,52,55-56H,3-11,15-16,18-20,24-25,28-30,32-33,36-38H2,1-2H3,(H,58,59)(H,60,61)(H2,49,50,57)/b14-13-,17-12-,23-21+,26-22-,31-27-/t39?,40-,41-,45-,46-,47-/m1/s1. The number of carbonyl (C=O) groups excluding carboxylic acids is 2. The predicted molar refractivity (Wildman–Crippen MR) is 262 cm³/mol. The number of hydrogen-bond acceptors (Lipinski definition) is 16. The minimum atomic E-state index is -5.45. The number of ether oxygens (including phenoxy) is 3. The summed E-state index contributed by atoms with van der Waals surface area (Å²) < 4.78 is 56.5. The van der Waals surface area contributed by atoms with Gasteiger partial charge in [0.25, 0.3) is 0 Å². The molecule has 2 rings (SSSR count). The first-order valence-electron chi connectivity index (χ1n) is 24.4. The zero-order valence-electron chi connectivity index (χ0n) is 40.5. The van der Waals surface area contributed by atoms with Crippen LogP contribution < -0.4 is 11.4 Å². The Morgan fingerprint density at radius 2 is 1.36 bits per heavy atom. The number of hydrogen-bond donors (Lipinski definition) is 6. The summed E-state index contributed by atoms with van der Waals surface area (Å²) in [5.74, 6) is -1.45. The largest absolute Gasteiger partial charge is 0.481 e. The molecule has 69 heavy (non-hydrogen) atoms. The SMILES string of the molecule is CCCCC/C=C\C/C=C\CC(O)/C=C\C=C\CCCC(=O)O[C@H](COC(=O)CCCCCCC/C=C\CCCCCC)COP(=O)(O)OP(=O)(O)OC[C@H]1O[C@@H](n2ccc(N)nc2=O)[C@H](O)[C@@H]1O. The molecule has 19 nitrogen and oxygen atoms in total. The van der Waals surface area contributed by atoms with Crippen molar-refractivity contribution in [3.05, 3.63) is 83.5 Å². The average Bonchev–Trinajstić information content (AvgIpc) is 3.58. The highest BCUT2D eigenvalue weighted by Gasteiger charge is 2.46. The molecule has 1 aliphatic rings. The van der Waals surface area contributed by atoms with Crippen LogP contribution in [0.25, 0.3) is 0 Å². The zero-order valence-corrected chi connectivity index (χ0v) is 42.2. The first-order chi connectivity index (χ1) is 33.1. The molecule has 0 aromatic carbocycles. The van der Waals surface area contributed by atoms with Crippen molar-refractivity contribution in [2.75, 3.05) is 25.6 Å². The summed E-state index contributed by atoms with van der Waals surface area (Å²) in [6.45, 7) is 1.94. The molecule has 1 fully saturated rings. The minimum absolute atomic E-state index is 0.0853. The van der Waals surface area contributed by atoms with Gasteiger partial charge in [-0.3, -0.25) is 23.2 Å². The zero-order chi connectivity index (χ0) is 50.8. The fourth-order valence-electron chi connectivity index (χ4n) is 6.79. The number of carbonyl (C=O) groups is 2. The second kappa shape index (κ2) is 36.4. The van der Waals surface area contributed by atoms with Crippen molar-refractivity contribution >= 4 is 33.4 Å². The molecule has 0 aliphatic carbocycles. The van der Waals surface area contributed by atoms with Crippen molar-refractivity contribution in [2.45, 2.75) is 185 Å². The lowest BCUT2D eigenvalue weighted by Gasteiger charge is -2.21. The highest BCUT2D eigenvalue weighted by molar-refractivity contribution is 7.61. The third kappa shape index (κ3) is 29.4. The van der Waals surface area contributed by atoms with E-state index in [2.05, 4.69) is 47.4 Å². The van der Waals surface area contributed by atoms with Crippen molar-refractivity contribution in [3.63, 3.8) is 0 Å². The second-order valence-corrected chi connectivity index (χ2v) is 19.8. The molecule has 3 unspecified atom stereocenters. The smallest absolute Gasteiger partial charge is 0.462 e. The molecule has 0 saturated carbocycles. The fraction of sp³-hybridized carbons (Fsp3) is 0.667. The van der Waals surface area contributed by atoms with Gasteiger partial charge < -0.3 is 45.1 Å². The third-order valence-electron chi connectivity index (χ3n) is 10.7. The Balaban J connectivity index is 1.87. The Morgan fingerprint density at radius 1 is 0.768 bits per heavy atom. The van der Waals surface area contributed by atoms with E-state index < -0.39 is 89.8 Å². The van der Waals surface area contributed by atoms with Gasteiger partial charge in [-0.15, -0.1) is 0 Å². The van der Waals surface area contributed by atoms with Crippen LogP contribution in [-0.4, -0.2) is 96.9 Å². The van der Waals surface area contributed by atoms with E-state index in [-0.39, 0.29) is 18.7 Å². The number of unbranched alkanes of at least 4 members (excludes halogenated alkanes) is 13. The van der Waals surface area contributed by atoms with E-state index >= 15 is 0 Å². The monoisotopic (exact) mass is 1020 g/mol. The lowest BCUT2D eigenvalue weighted by molar-refractivity contribution is -0.161. The van der Waals surface area contributed by atoms with Crippen molar-refractivity contribution in [2.24, 2.45) is 0 Å². The fourth-order valence-corrected chi connectivity index (χ4v) is 8.90. The van der Waals surface area contributed by atoms with E-state index in [9.17, 15) is 48.6 Å². The van der Waals surface area contributed by atoms with Gasteiger partial charge in [0.15, 0.2) is 12.3 Å². The molecule has 1 aliphatic heterocycles. The molecular weight excluding hydrogens is 936 g/mol. The Bertz CT molecular complexity index is 1910. The van der Waals surface area contributed by atoms with Crippen LogP contribution >= 0.6 is 15.6 Å². The van der Waals surface area contributed by atoms with E-state index in [0.717, 1.165) is 62.1 Å². The van der Waals surface area contributed by atoms with Crippen molar-refractivity contribution in [1.29, 1.82) is 0 Å². The summed E-state index contributed by atoms with van der Waals surface area (Å²) in [7, 11) is -10.9. The van der Waals surface area contributed by atoms with Crippen LogP contribution in [-0.2, 0) is 46.3 Å². The summed E-state index contributed by atoms with van der Waals surface area (Å²) in [6, 6.07) is 1.24. The number of aromatic nitrogens is 2. The molecule has 7 N–H and O–H groups in total. The van der Waals surface area contributed by atoms with Gasteiger partial charge in [-0.1, -0.05) is 126 Å². The van der Waals surface area contributed by atoms with Crippen LogP contribution in [0.2, 0.25) is 0 Å². The van der Waals surface area contributed by atoms with Gasteiger partial charge in [0.05, 0.1) is 19.3 Å². The van der Waals surface area contributed by atoms with Gasteiger partial charge in [-0.25, -0.2) is 13.9 Å². The summed E-state index contributed by atoms with van der Waals surface area (Å²) in [4.78, 5) is 61.8. The van der Waals surface area contributed by atoms with E-state index in [0.29, 0.717) is 25.7 Å². The molecular formula is C48H79N3O16P2. The second-order valence-electron chi connectivity index (χ2n) is 16.8. The number of esters is 2. The highest BCUT2D eigenvalue weighted by atomic mass is 31.3. The van der Waals surface area contributed by atoms with E-state index in [1.165, 1.54) is 51.0 Å². The van der Waals surface area contributed by atoms with Crippen LogP contribution in [0.5, 0.6) is 0 Å². The van der Waals surface area contributed by atoms with E-state index in [1.807, 2.05) is 12.2 Å². The Morgan fingerprint density at radius 3 is 2.07 bits per heavy atom. The van der Waals surface area contributed by atoms with Gasteiger partial charge in [-0.05, 0) is 76.7 Å². The van der Waals surface area contributed by atoms with Crippen LogP contribution in [0.4, 0.5) is 5.82 Å². The highest BCUT2D eigenvalue weighted by Crippen LogP contribution is 2.60. The molecule has 0 bridgehead atoms. The van der Waals surface area contributed by atoms with Gasteiger partial charge in [0, 0.05) is 19.0 Å². The summed E-state index contributed by atoms with van der Waals surface area (Å²) in [6.07, 6.45) is 30.5. The lowest BCUT2D eigenvalue weighted by Crippen LogP contribution is -2.36. The quantitative estimate of drug-likeness (QED) is 0.0118. The van der Waals surface area contributed by atoms with Crippen molar-refractivity contribution < 1.29 is 71.4 Å². The first-order valence-corrected chi connectivity index (χ1v) is 27.4. The molecule has 1 saturated heterocycles. The normalized spacial score (nSPS) is 20.3. The summed E-state index contributed by atoms with van der Waals surface area (Å²) >= 11 is 0. The topological polar surface area (TPSA) is 286 Å². The number of aliphatic hydroxyl groups excluding tert-OH is 3. The lowest BCUT2D eigenvalue weighted by atomic mass is 10.1. The van der Waals surface area contributed by atoms with E-state index in [1.54, 1.807) is 24.3 Å². The number of nitrogen functional groups attached to an aromatic ring is 1. The Labute approximate surface area is 407 Å². The molecule has 0 amide bonds. The van der Waals surface area contributed by atoms with Crippen LogP contribution in [0.1, 0.15) is 155 Å². The summed E-state index contributed by atoms with van der Waals surface area (Å²) in [5.41, 5.74) is 4.57. The van der Waals surface area contributed by atoms with E-state index in [4.69, 9.17) is 29.0 Å². The first kappa shape index (κ1) is 61.5. The number of phosphoric acid groups is 2. The number of phosphoric ester groups is 2. The molecule has 21 heteroatoms. The Kier molecular flexibility index (Phi) is 32.4. The van der Waals surface area contributed by atoms with Crippen LogP contribution in [0.3, 0.4) is 0 Å². The molecule has 1 aromatic rings. The number of aliphatic hydroxyl groups is 3. The average molecular weight is 1020 g/mol. The van der Waals surface area contributed by atoms with Crippen LogP contribution in [0.15, 0.2) is 77.8 Å². The Hall–Kier alpha value is -3.58. The van der Waals surface area contributed by atoms with Crippen molar-refractivity contribution in [1.82, 2.24) is 9.55 Å². The summed E-state index contributed by atoms with van der Waals surface area (Å²) in [5, 5.41) is 31.1. The number of allylic oxidation sites excluding steroid dienone is 8. The van der Waals surface area contributed by atoms with Crippen molar-refractivity contribution in [3.8, 4) is 0 Å². The van der Waals surface area contributed by atoms with Gasteiger partial charge in [0.2, 0.25) is 0 Å². The molecule has 392 valence electrons. The van der Waals surface area contributed by atoms with Gasteiger partial charge in [-0.2, -0.15) is 9.29 Å². The number of nitrogens with two attached hydrogens (primary N) is 1. The number of rotatable bonds is 39. The molecule has 1 aromatic heterocycles. The molecule has 8 atom stereocenters. The maximum Gasteiger partial charge on any atom is 0.481 e. The predicted octanol–water partition coefficient (Wildman–Crippen LogP) is 8.52. The number of nitrogens with zero attached hydrogens (tertiary/aromatic N) is 2. The minimum Gasteiger partial charge on any atom is -0.462 e. The maximum atomic E-state index is 12.8. The third-order valence-corrected chi connectivity index (χ3v) is 13.3. The molecule has 0 radical (unpaired) electrons. The maximum absolute atomic E-state index is 12.8. The van der Waals surface area contributed by atoms with Gasteiger partial charge in [0.1, 0.15) is 30.7 Å². The molecule has 0 spiro atoms. The number of anilines is 1. The van der Waals surface area contributed by atoms with Gasteiger partial charge >= 0.3 is 33.3 Å².